The van der Waals surface area contributed by atoms with Gasteiger partial charge in [0.15, 0.2) is 0 Å². The van der Waals surface area contributed by atoms with E-state index in [9.17, 15) is 13.2 Å². The molecule has 0 atom stereocenters. The lowest BCUT2D eigenvalue weighted by Gasteiger charge is -2.12. The zero-order valence-corrected chi connectivity index (χ0v) is 8.01. The standard InChI is InChI=1S/C9H12F3N3/c10-9(11,12)7-3-1-5-14-8(7)15-6-2-4-13/h1,3,5H,2,4,6,13H2,(H,14,15). The first kappa shape index (κ1) is 11.8. The van der Waals surface area contributed by atoms with E-state index in [4.69, 9.17) is 5.73 Å². The third-order valence-electron chi connectivity index (χ3n) is 1.79. The van der Waals surface area contributed by atoms with E-state index in [0.717, 1.165) is 6.07 Å². The maximum absolute atomic E-state index is 12.5. The van der Waals surface area contributed by atoms with Gasteiger partial charge in [0.05, 0.1) is 5.56 Å². The number of nitrogens with two attached hydrogens (primary N) is 1. The number of rotatable bonds is 4. The third kappa shape index (κ3) is 3.39. The fourth-order valence-corrected chi connectivity index (χ4v) is 1.08. The van der Waals surface area contributed by atoms with Crippen LogP contribution >= 0.6 is 0 Å². The van der Waals surface area contributed by atoms with Crippen LogP contribution in [0.25, 0.3) is 0 Å². The Labute approximate surface area is 85.5 Å². The van der Waals surface area contributed by atoms with Gasteiger partial charge in [-0.25, -0.2) is 4.98 Å². The Hall–Kier alpha value is -1.30. The first-order chi connectivity index (χ1) is 7.05. The molecule has 0 radical (unpaired) electrons. The lowest BCUT2D eigenvalue weighted by molar-refractivity contribution is -0.137. The Morgan fingerprint density at radius 2 is 2.13 bits per heavy atom. The van der Waals surface area contributed by atoms with Gasteiger partial charge in [0.1, 0.15) is 5.82 Å². The van der Waals surface area contributed by atoms with Gasteiger partial charge in [-0.05, 0) is 25.1 Å². The van der Waals surface area contributed by atoms with Gasteiger partial charge in [-0.3, -0.25) is 0 Å². The number of alkyl halides is 3. The predicted octanol–water partition coefficient (Wildman–Crippen LogP) is 1.86. The minimum atomic E-state index is -4.38. The van der Waals surface area contributed by atoms with Gasteiger partial charge in [-0.1, -0.05) is 0 Å². The van der Waals surface area contributed by atoms with Gasteiger partial charge in [-0.15, -0.1) is 0 Å². The molecule has 6 heteroatoms. The second kappa shape index (κ2) is 4.97. The number of nitrogens with zero attached hydrogens (tertiary/aromatic N) is 1. The number of anilines is 1. The Kier molecular flexibility index (Phi) is 3.90. The molecule has 0 saturated heterocycles. The predicted molar refractivity (Wildman–Crippen MR) is 51.4 cm³/mol. The number of halogens is 3. The van der Waals surface area contributed by atoms with Crippen molar-refractivity contribution in [2.75, 3.05) is 18.4 Å². The average molecular weight is 219 g/mol. The highest BCUT2D eigenvalue weighted by Gasteiger charge is 2.33. The molecule has 0 bridgehead atoms. The second-order valence-corrected chi connectivity index (χ2v) is 2.97. The number of nitrogens with one attached hydrogen (secondary N) is 1. The molecule has 0 aliphatic heterocycles. The quantitative estimate of drug-likeness (QED) is 0.760. The minimum absolute atomic E-state index is 0.140. The molecule has 84 valence electrons. The van der Waals surface area contributed by atoms with Crippen LogP contribution in [0.5, 0.6) is 0 Å². The molecule has 0 aliphatic carbocycles. The molecule has 0 aliphatic rings. The molecule has 0 spiro atoms. The minimum Gasteiger partial charge on any atom is -0.370 e. The van der Waals surface area contributed by atoms with E-state index >= 15 is 0 Å². The first-order valence-corrected chi connectivity index (χ1v) is 4.52. The summed E-state index contributed by atoms with van der Waals surface area (Å²) in [5, 5.41) is 2.61. The zero-order chi connectivity index (χ0) is 11.3. The molecule has 0 aromatic carbocycles. The lowest BCUT2D eigenvalue weighted by atomic mass is 10.2. The van der Waals surface area contributed by atoms with Crippen molar-refractivity contribution in [2.24, 2.45) is 5.73 Å². The maximum Gasteiger partial charge on any atom is 0.419 e. The van der Waals surface area contributed by atoms with Crippen LogP contribution in [0, 0.1) is 0 Å². The smallest absolute Gasteiger partial charge is 0.370 e. The van der Waals surface area contributed by atoms with Crippen molar-refractivity contribution in [1.29, 1.82) is 0 Å². The number of aromatic nitrogens is 1. The summed E-state index contributed by atoms with van der Waals surface area (Å²) in [4.78, 5) is 3.65. The average Bonchev–Trinajstić information content (AvgIpc) is 2.17. The van der Waals surface area contributed by atoms with Crippen LogP contribution in [0.2, 0.25) is 0 Å². The summed E-state index contributed by atoms with van der Waals surface area (Å²) in [5.74, 6) is -0.140. The first-order valence-electron chi connectivity index (χ1n) is 4.52. The van der Waals surface area contributed by atoms with E-state index < -0.39 is 11.7 Å². The van der Waals surface area contributed by atoms with Gasteiger partial charge in [0.2, 0.25) is 0 Å². The summed E-state index contributed by atoms with van der Waals surface area (Å²) < 4.78 is 37.4. The fourth-order valence-electron chi connectivity index (χ4n) is 1.08. The summed E-state index contributed by atoms with van der Waals surface area (Å²) in [6.07, 6.45) is -2.45. The zero-order valence-electron chi connectivity index (χ0n) is 8.01. The Bertz CT molecular complexity index is 312. The van der Waals surface area contributed by atoms with Gasteiger partial charge in [-0.2, -0.15) is 13.2 Å². The van der Waals surface area contributed by atoms with E-state index in [-0.39, 0.29) is 5.82 Å². The molecule has 15 heavy (non-hydrogen) atoms. The van der Waals surface area contributed by atoms with E-state index in [1.807, 2.05) is 0 Å². The molecule has 0 fully saturated rings. The molecule has 3 nitrogen and oxygen atoms in total. The second-order valence-electron chi connectivity index (χ2n) is 2.97. The number of pyridine rings is 1. The van der Waals surface area contributed by atoms with Crippen LogP contribution in [0.4, 0.5) is 19.0 Å². The van der Waals surface area contributed by atoms with Crippen molar-refractivity contribution < 1.29 is 13.2 Å². The molecule has 1 aromatic heterocycles. The van der Waals surface area contributed by atoms with Gasteiger partial charge >= 0.3 is 6.18 Å². The van der Waals surface area contributed by atoms with Crippen LogP contribution in [-0.2, 0) is 6.18 Å². The highest BCUT2D eigenvalue weighted by atomic mass is 19.4. The highest BCUT2D eigenvalue weighted by molar-refractivity contribution is 5.45. The SMILES string of the molecule is NCCCNc1ncccc1C(F)(F)F. The van der Waals surface area contributed by atoms with Crippen LogP contribution in [0.15, 0.2) is 18.3 Å². The summed E-state index contributed by atoms with van der Waals surface area (Å²) in [5.41, 5.74) is 4.49. The molecule has 0 unspecified atom stereocenters. The number of hydrogen-bond donors (Lipinski definition) is 2. The summed E-state index contributed by atoms with van der Waals surface area (Å²) >= 11 is 0. The van der Waals surface area contributed by atoms with Crippen molar-refractivity contribution >= 4 is 5.82 Å². The van der Waals surface area contributed by atoms with Crippen LogP contribution in [-0.4, -0.2) is 18.1 Å². The largest absolute Gasteiger partial charge is 0.419 e. The molecule has 3 N–H and O–H groups in total. The summed E-state index contributed by atoms with van der Waals surface area (Å²) in [6.45, 7) is 0.817. The van der Waals surface area contributed by atoms with Gasteiger partial charge in [0, 0.05) is 12.7 Å². The maximum atomic E-state index is 12.5. The van der Waals surface area contributed by atoms with E-state index in [2.05, 4.69) is 10.3 Å². The lowest BCUT2D eigenvalue weighted by Crippen LogP contribution is -2.14. The van der Waals surface area contributed by atoms with Crippen LogP contribution in [0.3, 0.4) is 0 Å². The van der Waals surface area contributed by atoms with Crippen molar-refractivity contribution in [2.45, 2.75) is 12.6 Å². The molecular formula is C9H12F3N3. The molecule has 1 heterocycles. The Balaban J connectivity index is 2.78. The van der Waals surface area contributed by atoms with Crippen molar-refractivity contribution in [3.05, 3.63) is 23.9 Å². The van der Waals surface area contributed by atoms with E-state index in [1.54, 1.807) is 0 Å². The van der Waals surface area contributed by atoms with Crippen molar-refractivity contribution in [3.8, 4) is 0 Å². The molecule has 0 amide bonds. The third-order valence-corrected chi connectivity index (χ3v) is 1.79. The number of hydrogen-bond acceptors (Lipinski definition) is 3. The molecule has 0 saturated carbocycles. The molecule has 1 aromatic rings. The normalized spacial score (nSPS) is 11.5. The van der Waals surface area contributed by atoms with Crippen molar-refractivity contribution in [1.82, 2.24) is 4.98 Å². The summed E-state index contributed by atoms with van der Waals surface area (Å²) in [7, 11) is 0. The monoisotopic (exact) mass is 219 g/mol. The fraction of sp³-hybridized carbons (Fsp3) is 0.444. The van der Waals surface area contributed by atoms with Gasteiger partial charge < -0.3 is 11.1 Å². The molecular weight excluding hydrogens is 207 g/mol. The van der Waals surface area contributed by atoms with E-state index in [0.29, 0.717) is 19.5 Å². The summed E-state index contributed by atoms with van der Waals surface area (Å²) in [6, 6.07) is 2.26. The highest BCUT2D eigenvalue weighted by Crippen LogP contribution is 2.33. The van der Waals surface area contributed by atoms with E-state index in [1.165, 1.54) is 12.3 Å². The Morgan fingerprint density at radius 1 is 1.40 bits per heavy atom. The topological polar surface area (TPSA) is 50.9 Å². The van der Waals surface area contributed by atoms with Crippen LogP contribution < -0.4 is 11.1 Å². The van der Waals surface area contributed by atoms with Crippen LogP contribution in [0.1, 0.15) is 12.0 Å². The van der Waals surface area contributed by atoms with Crippen molar-refractivity contribution in [3.63, 3.8) is 0 Å². The molecule has 1 rings (SSSR count). The Morgan fingerprint density at radius 3 is 2.73 bits per heavy atom. The van der Waals surface area contributed by atoms with Gasteiger partial charge in [0.25, 0.3) is 0 Å².